The summed E-state index contributed by atoms with van der Waals surface area (Å²) < 4.78 is 4.69. The van der Waals surface area contributed by atoms with Crippen LogP contribution in [0.1, 0.15) is 12.5 Å². The van der Waals surface area contributed by atoms with Crippen molar-refractivity contribution >= 4 is 5.97 Å². The van der Waals surface area contributed by atoms with Crippen LogP contribution in [0.5, 0.6) is 5.75 Å². The lowest BCUT2D eigenvalue weighted by Gasteiger charge is -2.30. The molecule has 2 aromatic rings. The summed E-state index contributed by atoms with van der Waals surface area (Å²) in [7, 11) is 0. The van der Waals surface area contributed by atoms with Gasteiger partial charge >= 0.3 is 5.97 Å². The fraction of sp³-hybridized carbons (Fsp3) is 0.316. The summed E-state index contributed by atoms with van der Waals surface area (Å²) in [4.78, 5) is 22.5. The Morgan fingerprint density at radius 3 is 2.43 bits per heavy atom. The Labute approximate surface area is 161 Å². The standard InChI is InChI=1S/C19H23N3O6/c1-2-28-19(26)18(25)22(20)16(17(24)21-27)10-12-6-8-13(9-7-12)14-4-3-5-15(23)11-14/h3-9,11,16-18,23-25H,2,10,20H2,1H3/t16-,17+,18+/m0/s1. The highest BCUT2D eigenvalue weighted by atomic mass is 16.5. The van der Waals surface area contributed by atoms with Crippen LogP contribution in [0.4, 0.5) is 0 Å². The molecule has 0 aliphatic carbocycles. The van der Waals surface area contributed by atoms with Crippen LogP contribution < -0.4 is 5.84 Å². The molecule has 9 heteroatoms. The third-order valence-corrected chi connectivity index (χ3v) is 4.19. The van der Waals surface area contributed by atoms with Gasteiger partial charge in [0.1, 0.15) is 5.75 Å². The second-order valence-corrected chi connectivity index (χ2v) is 6.11. The number of rotatable bonds is 9. The summed E-state index contributed by atoms with van der Waals surface area (Å²) in [6.07, 6.45) is -3.58. The quantitative estimate of drug-likeness (QED) is 0.164. The molecule has 28 heavy (non-hydrogen) atoms. The summed E-state index contributed by atoms with van der Waals surface area (Å²) in [5, 5.41) is 32.7. The Balaban J connectivity index is 2.18. The predicted octanol–water partition coefficient (Wildman–Crippen LogP) is 1.11. The van der Waals surface area contributed by atoms with Gasteiger partial charge in [-0.2, -0.15) is 0 Å². The van der Waals surface area contributed by atoms with Crippen molar-refractivity contribution in [2.75, 3.05) is 6.61 Å². The van der Waals surface area contributed by atoms with Crippen LogP contribution >= 0.6 is 0 Å². The van der Waals surface area contributed by atoms with E-state index in [4.69, 9.17) is 10.6 Å². The summed E-state index contributed by atoms with van der Waals surface area (Å²) in [6, 6.07) is 12.7. The first-order chi connectivity index (χ1) is 13.4. The average Bonchev–Trinajstić information content (AvgIpc) is 2.71. The Morgan fingerprint density at radius 1 is 1.18 bits per heavy atom. The summed E-state index contributed by atoms with van der Waals surface area (Å²) in [5.41, 5.74) is 2.35. The highest BCUT2D eigenvalue weighted by Gasteiger charge is 2.33. The van der Waals surface area contributed by atoms with Gasteiger partial charge in [-0.25, -0.2) is 9.80 Å². The molecule has 0 bridgehead atoms. The molecule has 0 amide bonds. The van der Waals surface area contributed by atoms with Crippen LogP contribution in [-0.4, -0.2) is 51.4 Å². The molecule has 0 saturated carbocycles. The van der Waals surface area contributed by atoms with E-state index in [1.807, 2.05) is 6.07 Å². The number of benzene rings is 2. The summed E-state index contributed by atoms with van der Waals surface area (Å²) in [5.74, 6) is 4.90. The molecule has 2 aromatic carbocycles. The number of aliphatic hydroxyl groups is 2. The van der Waals surface area contributed by atoms with Crippen LogP contribution in [0.15, 0.2) is 53.7 Å². The lowest BCUT2D eigenvalue weighted by atomic mass is 9.99. The molecule has 0 radical (unpaired) electrons. The number of hydrazine groups is 1. The topological polar surface area (TPSA) is 146 Å². The molecular weight excluding hydrogens is 366 g/mol. The predicted molar refractivity (Wildman–Crippen MR) is 102 cm³/mol. The first-order valence-electron chi connectivity index (χ1n) is 8.64. The Kier molecular flexibility index (Phi) is 7.59. The minimum atomic E-state index is -1.85. The fourth-order valence-corrected chi connectivity index (χ4v) is 2.72. The number of aliphatic hydroxyl groups excluding tert-OH is 2. The number of phenolic OH excluding ortho intramolecular Hbond substituents is 1. The van der Waals surface area contributed by atoms with Crippen molar-refractivity contribution in [2.24, 2.45) is 11.0 Å². The smallest absolute Gasteiger partial charge is 0.351 e. The minimum absolute atomic E-state index is 0.0411. The highest BCUT2D eigenvalue weighted by Crippen LogP contribution is 2.24. The zero-order chi connectivity index (χ0) is 20.7. The number of hydrogen-bond donors (Lipinski definition) is 4. The van der Waals surface area contributed by atoms with Crippen molar-refractivity contribution in [3.63, 3.8) is 0 Å². The number of nitrogens with two attached hydrogens (primary N) is 1. The molecule has 0 aliphatic rings. The van der Waals surface area contributed by atoms with E-state index in [1.165, 1.54) is 0 Å². The molecule has 0 saturated heterocycles. The van der Waals surface area contributed by atoms with Gasteiger partial charge in [-0.15, -0.1) is 4.91 Å². The van der Waals surface area contributed by atoms with Gasteiger partial charge in [-0.05, 0) is 47.3 Å². The molecule has 150 valence electrons. The van der Waals surface area contributed by atoms with Crippen LogP contribution in [-0.2, 0) is 16.0 Å². The molecular formula is C19H23N3O6. The molecule has 0 aliphatic heterocycles. The van der Waals surface area contributed by atoms with E-state index in [0.29, 0.717) is 10.6 Å². The molecule has 0 unspecified atom stereocenters. The van der Waals surface area contributed by atoms with Crippen LogP contribution in [0.3, 0.4) is 0 Å². The SMILES string of the molecule is CCOC(=O)[C@@H](O)N(N)[C@@H](Cc1ccc(-c2cccc(O)c2)cc1)[C@@H](O)N=O. The molecule has 0 heterocycles. The van der Waals surface area contributed by atoms with E-state index in [9.17, 15) is 25.0 Å². The number of aromatic hydroxyl groups is 1. The van der Waals surface area contributed by atoms with E-state index in [2.05, 4.69) is 5.18 Å². The van der Waals surface area contributed by atoms with Gasteiger partial charge in [0.25, 0.3) is 0 Å². The van der Waals surface area contributed by atoms with Gasteiger partial charge in [0.15, 0.2) is 0 Å². The normalized spacial score (nSPS) is 14.3. The number of hydrogen-bond acceptors (Lipinski definition) is 9. The lowest BCUT2D eigenvalue weighted by Crippen LogP contribution is -2.56. The van der Waals surface area contributed by atoms with Crippen molar-refractivity contribution in [1.82, 2.24) is 5.01 Å². The monoisotopic (exact) mass is 389 g/mol. The molecule has 9 nitrogen and oxygen atoms in total. The number of carbonyl (C=O) groups excluding carboxylic acids is 1. The molecule has 0 fully saturated rings. The van der Waals surface area contributed by atoms with Gasteiger partial charge in [-0.3, -0.25) is 5.84 Å². The number of phenols is 1. The van der Waals surface area contributed by atoms with Crippen molar-refractivity contribution in [1.29, 1.82) is 0 Å². The maximum Gasteiger partial charge on any atom is 0.351 e. The third-order valence-electron chi connectivity index (χ3n) is 4.19. The number of nitrogens with zero attached hydrogens (tertiary/aromatic N) is 2. The minimum Gasteiger partial charge on any atom is -0.508 e. The molecule has 2 rings (SSSR count). The molecule has 5 N–H and O–H groups in total. The van der Waals surface area contributed by atoms with Crippen molar-refractivity contribution in [3.8, 4) is 16.9 Å². The zero-order valence-electron chi connectivity index (χ0n) is 15.3. The van der Waals surface area contributed by atoms with E-state index in [-0.39, 0.29) is 18.8 Å². The Morgan fingerprint density at radius 2 is 1.86 bits per heavy atom. The third kappa shape index (κ3) is 5.33. The number of nitroso groups, excluding NO2 is 1. The maximum atomic E-state index is 11.7. The van der Waals surface area contributed by atoms with Crippen LogP contribution in [0.2, 0.25) is 0 Å². The van der Waals surface area contributed by atoms with E-state index in [0.717, 1.165) is 11.1 Å². The Bertz CT molecular complexity index is 799. The highest BCUT2D eigenvalue weighted by molar-refractivity contribution is 5.73. The van der Waals surface area contributed by atoms with Gasteiger partial charge in [-0.1, -0.05) is 36.4 Å². The number of esters is 1. The van der Waals surface area contributed by atoms with Crippen LogP contribution in [0.25, 0.3) is 11.1 Å². The average molecular weight is 389 g/mol. The first-order valence-corrected chi connectivity index (χ1v) is 8.64. The fourth-order valence-electron chi connectivity index (χ4n) is 2.72. The van der Waals surface area contributed by atoms with E-state index in [1.54, 1.807) is 49.4 Å². The van der Waals surface area contributed by atoms with E-state index < -0.39 is 24.5 Å². The Hall–Kier alpha value is -2.85. The largest absolute Gasteiger partial charge is 0.508 e. The number of ether oxygens (including phenoxy) is 1. The van der Waals surface area contributed by atoms with E-state index >= 15 is 0 Å². The lowest BCUT2D eigenvalue weighted by molar-refractivity contribution is -0.169. The van der Waals surface area contributed by atoms with Crippen LogP contribution in [0, 0.1) is 4.91 Å². The van der Waals surface area contributed by atoms with Crippen molar-refractivity contribution in [2.45, 2.75) is 31.8 Å². The van der Waals surface area contributed by atoms with Gasteiger partial charge in [0.05, 0.1) is 12.6 Å². The maximum absolute atomic E-state index is 11.7. The molecule has 0 aromatic heterocycles. The number of carbonyl (C=O) groups is 1. The summed E-state index contributed by atoms with van der Waals surface area (Å²) >= 11 is 0. The second kappa shape index (κ2) is 9.90. The van der Waals surface area contributed by atoms with Crippen molar-refractivity contribution in [3.05, 3.63) is 59.0 Å². The van der Waals surface area contributed by atoms with Crippen molar-refractivity contribution < 1.29 is 24.9 Å². The van der Waals surface area contributed by atoms with Gasteiger partial charge in [0.2, 0.25) is 12.5 Å². The molecule has 0 spiro atoms. The zero-order valence-corrected chi connectivity index (χ0v) is 15.3. The van der Waals surface area contributed by atoms with Gasteiger partial charge < -0.3 is 20.1 Å². The van der Waals surface area contributed by atoms with Gasteiger partial charge in [0, 0.05) is 0 Å². The molecule has 3 atom stereocenters. The second-order valence-electron chi connectivity index (χ2n) is 6.11. The summed E-state index contributed by atoms with van der Waals surface area (Å²) in [6.45, 7) is 1.61. The first kappa shape index (κ1) is 21.5.